The number of ether oxygens (including phenoxy) is 2. The molecule has 0 heterocycles. The van der Waals surface area contributed by atoms with Crippen molar-refractivity contribution in [1.29, 1.82) is 0 Å². The van der Waals surface area contributed by atoms with Crippen molar-refractivity contribution in [3.8, 4) is 17.2 Å². The van der Waals surface area contributed by atoms with Crippen molar-refractivity contribution in [2.24, 2.45) is 0 Å². The number of alkyl halides is 3. The van der Waals surface area contributed by atoms with E-state index >= 15 is 0 Å². The zero-order valence-electron chi connectivity index (χ0n) is 15.9. The summed E-state index contributed by atoms with van der Waals surface area (Å²) in [5.41, 5.74) is -0.194. The Morgan fingerprint density at radius 1 is 1.00 bits per heavy atom. The maximum atomic E-state index is 12.6. The highest BCUT2D eigenvalue weighted by Gasteiger charge is 2.29. The Bertz CT molecular complexity index is 1090. The van der Waals surface area contributed by atoms with E-state index in [1.807, 2.05) is 0 Å². The zero-order valence-corrected chi connectivity index (χ0v) is 16.7. The highest BCUT2D eigenvalue weighted by molar-refractivity contribution is 6.33. The van der Waals surface area contributed by atoms with Gasteiger partial charge in [-0.2, -0.15) is 13.2 Å². The highest BCUT2D eigenvalue weighted by atomic mass is 35.5. The smallest absolute Gasteiger partial charge is 0.416 e. The summed E-state index contributed by atoms with van der Waals surface area (Å²) in [6.45, 7) is 0.141. The van der Waals surface area contributed by atoms with Crippen LogP contribution in [0.1, 0.15) is 21.5 Å². The number of hydrogen-bond donors (Lipinski definition) is 1. The van der Waals surface area contributed by atoms with E-state index in [1.54, 1.807) is 36.4 Å². The van der Waals surface area contributed by atoms with Crippen LogP contribution in [0.2, 0.25) is 5.02 Å². The standard InChI is InChI=1S/C23H16ClF3O4/c24-19-12-11-17(14-18(19)22(28)29)31-21-6-2-1-5-20(21)30-13-3-4-15-7-9-16(10-8-15)23(25,26)27/h1-12,14H,13H2,(H,28,29)/b4-3+. The molecule has 3 rings (SSSR count). The average Bonchev–Trinajstić information content (AvgIpc) is 2.73. The van der Waals surface area contributed by atoms with Gasteiger partial charge in [-0.3, -0.25) is 0 Å². The molecule has 8 heteroatoms. The van der Waals surface area contributed by atoms with Crippen LogP contribution < -0.4 is 9.47 Å². The van der Waals surface area contributed by atoms with Crippen LogP contribution in [0.3, 0.4) is 0 Å². The van der Waals surface area contributed by atoms with E-state index in [0.29, 0.717) is 17.1 Å². The summed E-state index contributed by atoms with van der Waals surface area (Å²) in [7, 11) is 0. The van der Waals surface area contributed by atoms with Gasteiger partial charge in [0.15, 0.2) is 11.5 Å². The average molecular weight is 449 g/mol. The Balaban J connectivity index is 1.65. The van der Waals surface area contributed by atoms with Crippen LogP contribution in [0.5, 0.6) is 17.2 Å². The van der Waals surface area contributed by atoms with Gasteiger partial charge in [-0.15, -0.1) is 0 Å². The number of carboxylic acids is 1. The number of hydrogen-bond acceptors (Lipinski definition) is 3. The molecule has 0 aliphatic carbocycles. The van der Waals surface area contributed by atoms with Gasteiger partial charge in [-0.05, 0) is 54.1 Å². The molecule has 0 aliphatic rings. The van der Waals surface area contributed by atoms with E-state index < -0.39 is 17.7 Å². The predicted molar refractivity (Wildman–Crippen MR) is 111 cm³/mol. The normalized spacial score (nSPS) is 11.5. The summed E-state index contributed by atoms with van der Waals surface area (Å²) < 4.78 is 49.2. The largest absolute Gasteiger partial charge is 0.486 e. The van der Waals surface area contributed by atoms with Gasteiger partial charge in [0.2, 0.25) is 0 Å². The van der Waals surface area contributed by atoms with Crippen molar-refractivity contribution >= 4 is 23.6 Å². The third kappa shape index (κ3) is 6.02. The van der Waals surface area contributed by atoms with Crippen molar-refractivity contribution in [2.45, 2.75) is 6.18 Å². The summed E-state index contributed by atoms with van der Waals surface area (Å²) in [6, 6.07) is 15.9. The Kier molecular flexibility index (Phi) is 6.87. The van der Waals surface area contributed by atoms with E-state index in [9.17, 15) is 23.1 Å². The molecule has 160 valence electrons. The minimum Gasteiger partial charge on any atom is -0.486 e. The van der Waals surface area contributed by atoms with Crippen LogP contribution in [0, 0.1) is 0 Å². The molecule has 0 unspecified atom stereocenters. The second kappa shape index (κ2) is 9.57. The second-order valence-electron chi connectivity index (χ2n) is 6.33. The molecule has 0 bridgehead atoms. The van der Waals surface area contributed by atoms with Crippen molar-refractivity contribution < 1.29 is 32.5 Å². The first-order chi connectivity index (χ1) is 14.7. The molecule has 0 amide bonds. The molecule has 0 saturated carbocycles. The second-order valence-corrected chi connectivity index (χ2v) is 6.74. The minimum atomic E-state index is -4.37. The van der Waals surface area contributed by atoms with E-state index in [-0.39, 0.29) is 22.9 Å². The topological polar surface area (TPSA) is 55.8 Å². The van der Waals surface area contributed by atoms with Crippen molar-refractivity contribution in [2.75, 3.05) is 6.61 Å². The Labute approximate surface area is 181 Å². The summed E-state index contributed by atoms with van der Waals surface area (Å²) in [5, 5.41) is 9.27. The van der Waals surface area contributed by atoms with E-state index in [2.05, 4.69) is 0 Å². The van der Waals surface area contributed by atoms with Crippen LogP contribution in [0.4, 0.5) is 13.2 Å². The molecular weight excluding hydrogens is 433 g/mol. The van der Waals surface area contributed by atoms with E-state index in [4.69, 9.17) is 21.1 Å². The maximum absolute atomic E-state index is 12.6. The fraction of sp³-hybridized carbons (Fsp3) is 0.0870. The number of carboxylic acid groups (broad SMARTS) is 1. The van der Waals surface area contributed by atoms with Crippen molar-refractivity contribution in [3.05, 3.63) is 94.5 Å². The van der Waals surface area contributed by atoms with Crippen LogP contribution >= 0.6 is 11.6 Å². The van der Waals surface area contributed by atoms with Gasteiger partial charge >= 0.3 is 12.1 Å². The third-order valence-corrected chi connectivity index (χ3v) is 4.46. The minimum absolute atomic E-state index is 0.0861. The molecular formula is C23H16ClF3O4. The SMILES string of the molecule is O=C(O)c1cc(Oc2ccccc2OC/C=C/c2ccc(C(F)(F)F)cc2)ccc1Cl. The number of benzene rings is 3. The maximum Gasteiger partial charge on any atom is 0.416 e. The van der Waals surface area contributed by atoms with Gasteiger partial charge in [0.1, 0.15) is 12.4 Å². The van der Waals surface area contributed by atoms with E-state index in [0.717, 1.165) is 12.1 Å². The van der Waals surface area contributed by atoms with Gasteiger partial charge < -0.3 is 14.6 Å². The highest BCUT2D eigenvalue weighted by Crippen LogP contribution is 2.33. The first kappa shape index (κ1) is 22.2. The van der Waals surface area contributed by atoms with Crippen molar-refractivity contribution in [3.63, 3.8) is 0 Å². The molecule has 3 aromatic rings. The van der Waals surface area contributed by atoms with Crippen molar-refractivity contribution in [1.82, 2.24) is 0 Å². The Morgan fingerprint density at radius 3 is 2.32 bits per heavy atom. The van der Waals surface area contributed by atoms with Crippen LogP contribution in [0.15, 0.2) is 72.8 Å². The molecule has 0 saturated heterocycles. The molecule has 0 radical (unpaired) electrons. The summed E-state index contributed by atoms with van der Waals surface area (Å²) in [4.78, 5) is 11.2. The fourth-order valence-electron chi connectivity index (χ4n) is 2.62. The molecule has 3 aromatic carbocycles. The number of halogens is 4. The molecule has 31 heavy (non-hydrogen) atoms. The Hall–Kier alpha value is -3.45. The summed E-state index contributed by atoms with van der Waals surface area (Å²) in [5.74, 6) is -0.123. The van der Waals surface area contributed by atoms with Gasteiger partial charge in [0, 0.05) is 0 Å². The van der Waals surface area contributed by atoms with Gasteiger partial charge in [-0.1, -0.05) is 41.9 Å². The zero-order chi connectivity index (χ0) is 22.4. The molecule has 0 spiro atoms. The number of rotatable bonds is 7. The summed E-state index contributed by atoms with van der Waals surface area (Å²) >= 11 is 5.87. The van der Waals surface area contributed by atoms with Gasteiger partial charge in [-0.25, -0.2) is 4.79 Å². The first-order valence-electron chi connectivity index (χ1n) is 9.00. The van der Waals surface area contributed by atoms with E-state index in [1.165, 1.54) is 30.3 Å². The lowest BCUT2D eigenvalue weighted by molar-refractivity contribution is -0.137. The van der Waals surface area contributed by atoms with Gasteiger partial charge in [0.05, 0.1) is 16.1 Å². The molecule has 0 fully saturated rings. The van der Waals surface area contributed by atoms with Gasteiger partial charge in [0.25, 0.3) is 0 Å². The lowest BCUT2D eigenvalue weighted by Gasteiger charge is -2.12. The fourth-order valence-corrected chi connectivity index (χ4v) is 2.82. The van der Waals surface area contributed by atoms with Crippen LogP contribution in [0.25, 0.3) is 6.08 Å². The molecule has 4 nitrogen and oxygen atoms in total. The molecule has 1 N–H and O–H groups in total. The number of aromatic carboxylic acids is 1. The molecule has 0 aromatic heterocycles. The quantitative estimate of drug-likeness (QED) is 0.425. The first-order valence-corrected chi connectivity index (χ1v) is 9.38. The third-order valence-electron chi connectivity index (χ3n) is 4.13. The lowest BCUT2D eigenvalue weighted by atomic mass is 10.1. The molecule has 0 aliphatic heterocycles. The van der Waals surface area contributed by atoms with Crippen LogP contribution in [-0.2, 0) is 6.18 Å². The Morgan fingerprint density at radius 2 is 1.68 bits per heavy atom. The monoisotopic (exact) mass is 448 g/mol. The van der Waals surface area contributed by atoms with Crippen LogP contribution in [-0.4, -0.2) is 17.7 Å². The summed E-state index contributed by atoms with van der Waals surface area (Å²) in [6.07, 6.45) is -1.07. The number of para-hydroxylation sites is 2. The lowest BCUT2D eigenvalue weighted by Crippen LogP contribution is -2.04. The predicted octanol–water partition coefficient (Wildman–Crippen LogP) is 6.94. The molecule has 0 atom stereocenters. The number of carbonyl (C=O) groups is 1.